The van der Waals surface area contributed by atoms with E-state index in [1.54, 1.807) is 25.8 Å². The second-order valence-corrected chi connectivity index (χ2v) is 9.88. The lowest BCUT2D eigenvalue weighted by Crippen LogP contribution is -2.55. The van der Waals surface area contributed by atoms with Gasteiger partial charge < -0.3 is 20.0 Å². The Morgan fingerprint density at radius 3 is 2.44 bits per heavy atom. The number of carbonyl (C=O) groups is 3. The number of likely N-dealkylation sites (tertiary alicyclic amines) is 1. The molecule has 194 valence electrons. The van der Waals surface area contributed by atoms with Crippen molar-refractivity contribution >= 4 is 17.6 Å². The molecule has 2 aliphatic rings. The maximum Gasteiger partial charge on any atom is 0.246 e. The number of hydrogen-bond acceptors (Lipinski definition) is 6. The van der Waals surface area contributed by atoms with Gasteiger partial charge in [0.05, 0.1) is 6.04 Å². The normalized spacial score (nSPS) is 20.2. The predicted molar refractivity (Wildman–Crippen MR) is 132 cm³/mol. The molecule has 1 saturated heterocycles. The average molecular weight is 499 g/mol. The van der Waals surface area contributed by atoms with Crippen molar-refractivity contribution in [3.8, 4) is 0 Å². The van der Waals surface area contributed by atoms with Gasteiger partial charge in [-0.15, -0.1) is 0 Å². The first-order valence-electron chi connectivity index (χ1n) is 12.9. The highest BCUT2D eigenvalue weighted by Crippen LogP contribution is 2.35. The molecule has 2 unspecified atom stereocenters. The van der Waals surface area contributed by atoms with Crippen molar-refractivity contribution in [2.45, 2.75) is 76.9 Å². The number of ketones is 1. The van der Waals surface area contributed by atoms with Crippen LogP contribution in [-0.4, -0.2) is 53.2 Å². The van der Waals surface area contributed by atoms with Crippen molar-refractivity contribution in [2.75, 3.05) is 13.6 Å². The Kier molecular flexibility index (Phi) is 8.18. The lowest BCUT2D eigenvalue weighted by Gasteiger charge is -2.34. The van der Waals surface area contributed by atoms with E-state index in [9.17, 15) is 18.8 Å². The summed E-state index contributed by atoms with van der Waals surface area (Å²) in [6.45, 7) is 3.97. The summed E-state index contributed by atoms with van der Waals surface area (Å²) in [6, 6.07) is 3.88. The van der Waals surface area contributed by atoms with E-state index in [0.29, 0.717) is 30.2 Å². The number of oxazole rings is 1. The Morgan fingerprint density at radius 1 is 1.08 bits per heavy atom. The molecule has 0 bridgehead atoms. The highest BCUT2D eigenvalue weighted by Gasteiger charge is 2.41. The lowest BCUT2D eigenvalue weighted by molar-refractivity contribution is -0.140. The third-order valence-corrected chi connectivity index (χ3v) is 7.47. The number of nitrogens with zero attached hydrogens (tertiary/aromatic N) is 2. The number of halogens is 1. The van der Waals surface area contributed by atoms with Crippen molar-refractivity contribution in [1.82, 2.24) is 20.5 Å². The fourth-order valence-corrected chi connectivity index (χ4v) is 5.23. The zero-order valence-electron chi connectivity index (χ0n) is 21.2. The number of nitrogens with one attached hydrogen (secondary N) is 2. The van der Waals surface area contributed by atoms with Crippen LogP contribution in [0.3, 0.4) is 0 Å². The first-order chi connectivity index (χ1) is 17.3. The van der Waals surface area contributed by atoms with E-state index in [-0.39, 0.29) is 29.2 Å². The predicted octanol–water partition coefficient (Wildman–Crippen LogP) is 3.69. The third-order valence-electron chi connectivity index (χ3n) is 7.47. The number of aromatic nitrogens is 1. The largest absolute Gasteiger partial charge is 0.443 e. The van der Waals surface area contributed by atoms with E-state index >= 15 is 0 Å². The highest BCUT2D eigenvalue weighted by molar-refractivity contribution is 6.08. The van der Waals surface area contributed by atoms with Crippen molar-refractivity contribution in [2.24, 2.45) is 5.92 Å². The summed E-state index contributed by atoms with van der Waals surface area (Å²) in [4.78, 5) is 45.8. The highest BCUT2D eigenvalue weighted by atomic mass is 19.1. The van der Waals surface area contributed by atoms with Crippen LogP contribution in [0.2, 0.25) is 0 Å². The van der Waals surface area contributed by atoms with Crippen LogP contribution in [0, 0.1) is 18.7 Å². The van der Waals surface area contributed by atoms with Gasteiger partial charge in [-0.25, -0.2) is 9.37 Å². The molecule has 36 heavy (non-hydrogen) atoms. The molecular weight excluding hydrogens is 463 g/mol. The minimum absolute atomic E-state index is 0.0856. The minimum Gasteiger partial charge on any atom is -0.443 e. The van der Waals surface area contributed by atoms with E-state index < -0.39 is 23.9 Å². The molecule has 2 N–H and O–H groups in total. The van der Waals surface area contributed by atoms with Gasteiger partial charge in [-0.2, -0.15) is 0 Å². The van der Waals surface area contributed by atoms with Gasteiger partial charge in [0.15, 0.2) is 5.69 Å². The first kappa shape index (κ1) is 26.0. The second kappa shape index (κ2) is 11.3. The monoisotopic (exact) mass is 498 g/mol. The van der Waals surface area contributed by atoms with Gasteiger partial charge >= 0.3 is 0 Å². The number of hydrogen-bond donors (Lipinski definition) is 2. The zero-order valence-corrected chi connectivity index (χ0v) is 21.2. The van der Waals surface area contributed by atoms with Gasteiger partial charge in [0.1, 0.15) is 23.7 Å². The third kappa shape index (κ3) is 5.51. The van der Waals surface area contributed by atoms with Gasteiger partial charge in [0.2, 0.25) is 23.5 Å². The molecule has 1 aliphatic carbocycles. The van der Waals surface area contributed by atoms with E-state index in [4.69, 9.17) is 4.42 Å². The van der Waals surface area contributed by atoms with E-state index in [0.717, 1.165) is 38.5 Å². The number of likely N-dealkylation sites (N-methyl/N-ethyl adjacent to an activating group) is 1. The van der Waals surface area contributed by atoms with E-state index in [1.807, 2.05) is 0 Å². The van der Waals surface area contributed by atoms with Gasteiger partial charge in [0, 0.05) is 12.1 Å². The van der Waals surface area contributed by atoms with Crippen LogP contribution in [0.25, 0.3) is 0 Å². The van der Waals surface area contributed by atoms with Crippen molar-refractivity contribution in [3.05, 3.63) is 53.0 Å². The second-order valence-electron chi connectivity index (χ2n) is 9.88. The maximum atomic E-state index is 13.9. The molecule has 0 radical (unpaired) electrons. The molecule has 1 aromatic heterocycles. The topological polar surface area (TPSA) is 105 Å². The number of carbonyl (C=O) groups excluding carboxylic acids is 3. The SMILES string of the molecule is CNC(C)C(=O)NC(C(=O)N1CCC[C@H]1c1nc(C(=O)c2ccc(F)cc2)c(C)o1)C1CCCCC1. The van der Waals surface area contributed by atoms with Crippen LogP contribution in [0.15, 0.2) is 28.7 Å². The summed E-state index contributed by atoms with van der Waals surface area (Å²) in [5.41, 5.74) is 0.480. The number of rotatable bonds is 8. The fourth-order valence-electron chi connectivity index (χ4n) is 5.23. The molecule has 2 aromatic rings. The Hall–Kier alpha value is -3.07. The molecule has 8 nitrogen and oxygen atoms in total. The molecule has 4 rings (SSSR count). The summed E-state index contributed by atoms with van der Waals surface area (Å²) in [5.74, 6) is -0.332. The quantitative estimate of drug-likeness (QED) is 0.538. The minimum atomic E-state index is -0.606. The molecule has 3 atom stereocenters. The smallest absolute Gasteiger partial charge is 0.246 e. The van der Waals surface area contributed by atoms with E-state index in [1.165, 1.54) is 24.3 Å². The van der Waals surface area contributed by atoms with Gasteiger partial charge in [-0.3, -0.25) is 14.4 Å². The zero-order chi connectivity index (χ0) is 25.8. The van der Waals surface area contributed by atoms with Crippen molar-refractivity contribution in [3.63, 3.8) is 0 Å². The number of aryl methyl sites for hydroxylation is 1. The van der Waals surface area contributed by atoms with Gasteiger partial charge in [-0.05, 0) is 76.8 Å². The van der Waals surface area contributed by atoms with Crippen LogP contribution in [0.4, 0.5) is 4.39 Å². The summed E-state index contributed by atoms with van der Waals surface area (Å²) >= 11 is 0. The summed E-state index contributed by atoms with van der Waals surface area (Å²) in [7, 11) is 1.72. The van der Waals surface area contributed by atoms with Crippen LogP contribution in [0.5, 0.6) is 0 Å². The standard InChI is InChI=1S/C27H35FN4O4/c1-16(29-3)25(34)30-23(18-8-5-4-6-9-18)27(35)32-15-7-10-21(32)26-31-22(17(2)36-26)24(33)19-11-13-20(28)14-12-19/h11-14,16,18,21,23,29H,4-10,15H2,1-3H3,(H,30,34)/t16?,21-,23?/m0/s1. The number of amides is 2. The lowest BCUT2D eigenvalue weighted by atomic mass is 9.83. The van der Waals surface area contributed by atoms with Crippen LogP contribution < -0.4 is 10.6 Å². The van der Waals surface area contributed by atoms with Crippen molar-refractivity contribution < 1.29 is 23.2 Å². The van der Waals surface area contributed by atoms with Gasteiger partial charge in [0.25, 0.3) is 0 Å². The molecule has 2 heterocycles. The molecule has 0 spiro atoms. The van der Waals surface area contributed by atoms with Gasteiger partial charge in [-0.1, -0.05) is 19.3 Å². The molecular formula is C27H35FN4O4. The Morgan fingerprint density at radius 2 is 1.78 bits per heavy atom. The average Bonchev–Trinajstić information content (AvgIpc) is 3.53. The van der Waals surface area contributed by atoms with Crippen LogP contribution in [-0.2, 0) is 9.59 Å². The molecule has 2 amide bonds. The molecule has 9 heteroatoms. The molecule has 1 saturated carbocycles. The Bertz CT molecular complexity index is 1090. The van der Waals surface area contributed by atoms with Crippen molar-refractivity contribution in [1.29, 1.82) is 0 Å². The van der Waals surface area contributed by atoms with E-state index in [2.05, 4.69) is 15.6 Å². The number of benzene rings is 1. The summed E-state index contributed by atoms with van der Waals surface area (Å²) < 4.78 is 19.2. The summed E-state index contributed by atoms with van der Waals surface area (Å²) in [5, 5.41) is 5.96. The van der Waals surface area contributed by atoms with Crippen LogP contribution in [0.1, 0.15) is 85.6 Å². The van der Waals surface area contributed by atoms with Crippen LogP contribution >= 0.6 is 0 Å². The molecule has 2 fully saturated rings. The Balaban J connectivity index is 1.57. The fraction of sp³-hybridized carbons (Fsp3) is 0.556. The molecule has 1 aliphatic heterocycles. The maximum absolute atomic E-state index is 13.9. The molecule has 1 aromatic carbocycles. The first-order valence-corrected chi connectivity index (χ1v) is 12.9. The Labute approximate surface area is 211 Å². The summed E-state index contributed by atoms with van der Waals surface area (Å²) in [6.07, 6.45) is 6.47.